The van der Waals surface area contributed by atoms with Crippen LogP contribution < -0.4 is 4.74 Å². The van der Waals surface area contributed by atoms with E-state index in [1.54, 1.807) is 0 Å². The Morgan fingerprint density at radius 3 is 2.88 bits per heavy atom. The molecule has 0 amide bonds. The molecule has 0 saturated carbocycles. The standard InChI is InChI=1S/C14H18O2/c1-12(2)16-14-9-6-8-13(11-14)7-4-3-5-10-15/h6,8-9,11-12,15H,3,5,10H2,1-2H3. The summed E-state index contributed by atoms with van der Waals surface area (Å²) in [5.41, 5.74) is 0.955. The zero-order valence-electron chi connectivity index (χ0n) is 9.86. The highest BCUT2D eigenvalue weighted by Crippen LogP contribution is 2.14. The second-order valence-electron chi connectivity index (χ2n) is 3.82. The van der Waals surface area contributed by atoms with Crippen LogP contribution in [-0.4, -0.2) is 17.8 Å². The van der Waals surface area contributed by atoms with Gasteiger partial charge < -0.3 is 9.84 Å². The minimum Gasteiger partial charge on any atom is -0.491 e. The fraction of sp³-hybridized carbons (Fsp3) is 0.429. The topological polar surface area (TPSA) is 29.5 Å². The summed E-state index contributed by atoms with van der Waals surface area (Å²) in [6, 6.07) is 7.76. The molecule has 0 unspecified atom stereocenters. The first kappa shape index (κ1) is 12.6. The van der Waals surface area contributed by atoms with Crippen LogP contribution >= 0.6 is 0 Å². The molecule has 2 nitrogen and oxygen atoms in total. The number of unbranched alkanes of at least 4 members (excludes halogenated alkanes) is 1. The van der Waals surface area contributed by atoms with Crippen LogP contribution in [0.4, 0.5) is 0 Å². The van der Waals surface area contributed by atoms with E-state index in [4.69, 9.17) is 9.84 Å². The average Bonchev–Trinajstić information content (AvgIpc) is 2.24. The van der Waals surface area contributed by atoms with Gasteiger partial charge in [0.15, 0.2) is 0 Å². The number of ether oxygens (including phenoxy) is 1. The summed E-state index contributed by atoms with van der Waals surface area (Å²) in [5, 5.41) is 8.62. The Bertz CT molecular complexity index is 372. The van der Waals surface area contributed by atoms with Gasteiger partial charge in [0, 0.05) is 18.6 Å². The zero-order valence-corrected chi connectivity index (χ0v) is 9.86. The third kappa shape index (κ3) is 4.86. The Labute approximate surface area is 97.3 Å². The van der Waals surface area contributed by atoms with Gasteiger partial charge in [-0.25, -0.2) is 0 Å². The lowest BCUT2D eigenvalue weighted by Crippen LogP contribution is -2.05. The molecule has 0 bridgehead atoms. The van der Waals surface area contributed by atoms with E-state index in [1.807, 2.05) is 38.1 Å². The van der Waals surface area contributed by atoms with Gasteiger partial charge in [0.1, 0.15) is 5.75 Å². The molecule has 86 valence electrons. The molecule has 0 spiro atoms. The first-order chi connectivity index (χ1) is 7.72. The summed E-state index contributed by atoms with van der Waals surface area (Å²) in [5.74, 6) is 6.92. The minimum absolute atomic E-state index is 0.178. The second kappa shape index (κ2) is 6.92. The van der Waals surface area contributed by atoms with Crippen LogP contribution in [0.3, 0.4) is 0 Å². The van der Waals surface area contributed by atoms with Crippen LogP contribution in [0.1, 0.15) is 32.3 Å². The first-order valence-corrected chi connectivity index (χ1v) is 5.59. The predicted molar refractivity (Wildman–Crippen MR) is 65.4 cm³/mol. The summed E-state index contributed by atoms with van der Waals surface area (Å²) in [6.07, 6.45) is 1.64. The van der Waals surface area contributed by atoms with Crippen LogP contribution in [0.2, 0.25) is 0 Å². The lowest BCUT2D eigenvalue weighted by atomic mass is 10.2. The maximum Gasteiger partial charge on any atom is 0.120 e. The largest absolute Gasteiger partial charge is 0.491 e. The van der Waals surface area contributed by atoms with Gasteiger partial charge in [0.25, 0.3) is 0 Å². The Morgan fingerprint density at radius 1 is 1.38 bits per heavy atom. The maximum absolute atomic E-state index is 8.62. The van der Waals surface area contributed by atoms with E-state index in [2.05, 4.69) is 11.8 Å². The maximum atomic E-state index is 8.62. The lowest BCUT2D eigenvalue weighted by molar-refractivity contribution is 0.242. The zero-order chi connectivity index (χ0) is 11.8. The van der Waals surface area contributed by atoms with Crippen molar-refractivity contribution >= 4 is 0 Å². The van der Waals surface area contributed by atoms with E-state index in [0.29, 0.717) is 0 Å². The second-order valence-corrected chi connectivity index (χ2v) is 3.82. The van der Waals surface area contributed by atoms with Gasteiger partial charge in [-0.3, -0.25) is 0 Å². The van der Waals surface area contributed by atoms with Gasteiger partial charge in [-0.2, -0.15) is 0 Å². The molecular formula is C14H18O2. The monoisotopic (exact) mass is 218 g/mol. The quantitative estimate of drug-likeness (QED) is 0.621. The number of hydrogen-bond acceptors (Lipinski definition) is 2. The van der Waals surface area contributed by atoms with Crippen molar-refractivity contribution in [2.45, 2.75) is 32.8 Å². The molecule has 0 aliphatic heterocycles. The van der Waals surface area contributed by atoms with E-state index in [0.717, 1.165) is 24.2 Å². The fourth-order valence-electron chi connectivity index (χ4n) is 1.25. The molecule has 0 heterocycles. The Hall–Kier alpha value is -1.46. The molecule has 0 aromatic heterocycles. The number of hydrogen-bond donors (Lipinski definition) is 1. The van der Waals surface area contributed by atoms with Gasteiger partial charge in [-0.05, 0) is 38.5 Å². The summed E-state index contributed by atoms with van der Waals surface area (Å²) in [4.78, 5) is 0. The average molecular weight is 218 g/mol. The Balaban J connectivity index is 2.62. The Morgan fingerprint density at radius 2 is 2.19 bits per heavy atom. The molecule has 0 saturated heterocycles. The van der Waals surface area contributed by atoms with Crippen molar-refractivity contribution in [1.82, 2.24) is 0 Å². The highest BCUT2D eigenvalue weighted by molar-refractivity contribution is 5.39. The molecular weight excluding hydrogens is 200 g/mol. The van der Waals surface area contributed by atoms with Crippen LogP contribution in [0.5, 0.6) is 5.75 Å². The summed E-state index contributed by atoms with van der Waals surface area (Å²) in [7, 11) is 0. The highest BCUT2D eigenvalue weighted by atomic mass is 16.5. The van der Waals surface area contributed by atoms with E-state index < -0.39 is 0 Å². The van der Waals surface area contributed by atoms with Gasteiger partial charge in [-0.1, -0.05) is 17.9 Å². The van der Waals surface area contributed by atoms with Crippen molar-refractivity contribution in [2.75, 3.05) is 6.61 Å². The number of rotatable bonds is 4. The molecule has 1 rings (SSSR count). The third-order valence-electron chi connectivity index (χ3n) is 1.90. The van der Waals surface area contributed by atoms with Crippen molar-refractivity contribution in [3.8, 4) is 17.6 Å². The molecule has 0 radical (unpaired) electrons. The number of aliphatic hydroxyl groups excluding tert-OH is 1. The van der Waals surface area contributed by atoms with Gasteiger partial charge in [-0.15, -0.1) is 0 Å². The smallest absolute Gasteiger partial charge is 0.120 e. The van der Waals surface area contributed by atoms with Crippen LogP contribution in [-0.2, 0) is 0 Å². The van der Waals surface area contributed by atoms with Crippen LogP contribution in [0.25, 0.3) is 0 Å². The number of aliphatic hydroxyl groups is 1. The molecule has 1 N–H and O–H groups in total. The molecule has 0 aliphatic carbocycles. The van der Waals surface area contributed by atoms with Gasteiger partial charge >= 0.3 is 0 Å². The number of benzene rings is 1. The van der Waals surface area contributed by atoms with E-state index in [1.165, 1.54) is 0 Å². The SMILES string of the molecule is CC(C)Oc1cccc(C#CCCCO)c1. The first-order valence-electron chi connectivity index (χ1n) is 5.59. The predicted octanol–water partition coefficient (Wildman–Crippen LogP) is 2.60. The molecule has 16 heavy (non-hydrogen) atoms. The van der Waals surface area contributed by atoms with E-state index in [9.17, 15) is 0 Å². The molecule has 1 aromatic rings. The van der Waals surface area contributed by atoms with E-state index >= 15 is 0 Å². The van der Waals surface area contributed by atoms with E-state index in [-0.39, 0.29) is 12.7 Å². The normalized spacial score (nSPS) is 9.75. The molecule has 0 atom stereocenters. The minimum atomic E-state index is 0.178. The van der Waals surface area contributed by atoms with Crippen molar-refractivity contribution in [3.63, 3.8) is 0 Å². The van der Waals surface area contributed by atoms with Crippen molar-refractivity contribution in [3.05, 3.63) is 29.8 Å². The molecule has 2 heteroatoms. The fourth-order valence-corrected chi connectivity index (χ4v) is 1.25. The molecule has 1 aromatic carbocycles. The van der Waals surface area contributed by atoms with Gasteiger partial charge in [0.05, 0.1) is 6.10 Å². The molecule has 0 aliphatic rings. The Kier molecular flexibility index (Phi) is 5.45. The van der Waals surface area contributed by atoms with Crippen molar-refractivity contribution in [2.24, 2.45) is 0 Å². The van der Waals surface area contributed by atoms with Gasteiger partial charge in [0.2, 0.25) is 0 Å². The van der Waals surface area contributed by atoms with Crippen LogP contribution in [0.15, 0.2) is 24.3 Å². The summed E-state index contributed by atoms with van der Waals surface area (Å²) in [6.45, 7) is 4.20. The highest BCUT2D eigenvalue weighted by Gasteiger charge is 1.97. The third-order valence-corrected chi connectivity index (χ3v) is 1.90. The van der Waals surface area contributed by atoms with Crippen LogP contribution in [0, 0.1) is 11.8 Å². The summed E-state index contributed by atoms with van der Waals surface area (Å²) < 4.78 is 5.57. The molecule has 0 fully saturated rings. The van der Waals surface area contributed by atoms with Crippen molar-refractivity contribution < 1.29 is 9.84 Å². The van der Waals surface area contributed by atoms with Crippen molar-refractivity contribution in [1.29, 1.82) is 0 Å². The summed E-state index contributed by atoms with van der Waals surface area (Å²) >= 11 is 0. The lowest BCUT2D eigenvalue weighted by Gasteiger charge is -2.09.